The summed E-state index contributed by atoms with van der Waals surface area (Å²) in [5.74, 6) is 2.64. The lowest BCUT2D eigenvalue weighted by atomic mass is 9.51. The molecule has 0 bridgehead atoms. The van der Waals surface area contributed by atoms with Gasteiger partial charge in [-0.1, -0.05) is 231 Å². The Morgan fingerprint density at radius 1 is 0.333 bits per heavy atom. The van der Waals surface area contributed by atoms with Crippen LogP contribution in [0, 0.1) is 0 Å². The highest BCUT2D eigenvalue weighted by molar-refractivity contribution is 6.05. The van der Waals surface area contributed by atoms with Gasteiger partial charge in [-0.05, 0) is 102 Å². The molecule has 3 nitrogen and oxygen atoms in total. The molecule has 0 radical (unpaired) electrons. The van der Waals surface area contributed by atoms with Crippen LogP contribution in [0.2, 0.25) is 0 Å². The first kappa shape index (κ1) is 39.4. The van der Waals surface area contributed by atoms with Crippen molar-refractivity contribution in [3.63, 3.8) is 0 Å². The average Bonchev–Trinajstić information content (AvgIpc) is 3.72. The fourth-order valence-corrected chi connectivity index (χ4v) is 12.3. The summed E-state index contributed by atoms with van der Waals surface area (Å²) >= 11 is 0. The Balaban J connectivity index is 0.897. The molecule has 0 amide bonds. The van der Waals surface area contributed by atoms with Gasteiger partial charge >= 0.3 is 0 Å². The molecule has 0 fully saturated rings. The second kappa shape index (κ2) is 15.4. The summed E-state index contributed by atoms with van der Waals surface area (Å²) in [6.45, 7) is 0. The quantitative estimate of drug-likeness (QED) is 0.187. The first-order valence-corrected chi connectivity index (χ1v) is 23.9. The van der Waals surface area contributed by atoms with Crippen molar-refractivity contribution in [1.29, 1.82) is 0 Å². The SMILES string of the molecule is C1=C(c2ccccc2)NC(c2ccc(-c3ccc4c(c3)-c3ccccc3C43c4ccccc4C4(c5ccccc5Oc5ccccc54)c4ccccc43)cc2)=NC1c1ccccc1-c1ccccc1. The van der Waals surface area contributed by atoms with Gasteiger partial charge in [0.25, 0.3) is 0 Å². The third-order valence-electron chi connectivity index (χ3n) is 15.1. The van der Waals surface area contributed by atoms with E-state index in [-0.39, 0.29) is 6.04 Å². The minimum atomic E-state index is -0.594. The zero-order valence-electron chi connectivity index (χ0n) is 37.7. The van der Waals surface area contributed by atoms with Crippen LogP contribution < -0.4 is 10.1 Å². The zero-order valence-corrected chi connectivity index (χ0v) is 37.7. The molecule has 0 aromatic heterocycles. The van der Waals surface area contributed by atoms with Crippen molar-refractivity contribution in [2.24, 2.45) is 4.99 Å². The summed E-state index contributed by atoms with van der Waals surface area (Å²) in [4.78, 5) is 5.42. The maximum atomic E-state index is 6.71. The standard InChI is InChI=1S/C66H44N2O/c1-3-19-44(20-4-1)48-23-7-8-25-50(48)61-42-60(45-21-5-2-6-22-45)67-64(68-61)46-37-35-43(36-38-46)47-39-40-53-51(41-47)49-24-9-10-26-52(49)65(53)54-27-11-13-29-56(54)66(57-30-14-12-28-55(57)65)58-31-15-17-33-62(58)69-63-34-18-16-32-59(63)66/h1-42,61H,(H,67,68). The van der Waals surface area contributed by atoms with E-state index in [1.54, 1.807) is 0 Å². The lowest BCUT2D eigenvalue weighted by Gasteiger charge is -2.51. The van der Waals surface area contributed by atoms with Crippen molar-refractivity contribution in [1.82, 2.24) is 5.32 Å². The first-order valence-electron chi connectivity index (χ1n) is 23.9. The second-order valence-electron chi connectivity index (χ2n) is 18.5. The van der Waals surface area contributed by atoms with Crippen LogP contribution in [-0.2, 0) is 10.8 Å². The molecule has 1 unspecified atom stereocenters. The number of benzene rings is 10. The van der Waals surface area contributed by atoms with Crippen molar-refractivity contribution in [3.05, 3.63) is 316 Å². The van der Waals surface area contributed by atoms with E-state index >= 15 is 0 Å². The number of amidine groups is 1. The van der Waals surface area contributed by atoms with Gasteiger partial charge in [-0.2, -0.15) is 0 Å². The number of nitrogens with zero attached hydrogens (tertiary/aromatic N) is 1. The third-order valence-corrected chi connectivity index (χ3v) is 15.1. The Kier molecular flexibility index (Phi) is 8.78. The zero-order chi connectivity index (χ0) is 45.5. The molecule has 1 N–H and O–H groups in total. The molecule has 69 heavy (non-hydrogen) atoms. The summed E-state index contributed by atoms with van der Waals surface area (Å²) in [7, 11) is 0. The van der Waals surface area contributed by atoms with Gasteiger partial charge in [-0.15, -0.1) is 0 Å². The van der Waals surface area contributed by atoms with Gasteiger partial charge in [-0.3, -0.25) is 4.99 Å². The van der Waals surface area contributed by atoms with E-state index in [0.29, 0.717) is 0 Å². The Bertz CT molecular complexity index is 3640. The van der Waals surface area contributed by atoms with Crippen LogP contribution in [0.5, 0.6) is 11.5 Å². The summed E-state index contributed by atoms with van der Waals surface area (Å²) in [6.07, 6.45) is 2.26. The fraction of sp³-hybridized carbons (Fsp3) is 0.0455. The predicted molar refractivity (Wildman–Crippen MR) is 280 cm³/mol. The van der Waals surface area contributed by atoms with E-state index < -0.39 is 10.8 Å². The molecular formula is C66H44N2O. The van der Waals surface area contributed by atoms with Crippen LogP contribution in [0.15, 0.2) is 260 Å². The van der Waals surface area contributed by atoms with Crippen LogP contribution in [0.1, 0.15) is 67.2 Å². The maximum Gasteiger partial charge on any atom is 0.133 e. The summed E-state index contributed by atoms with van der Waals surface area (Å²) in [6, 6.07) is 90.5. The number of hydrogen-bond acceptors (Lipinski definition) is 3. The topological polar surface area (TPSA) is 33.6 Å². The number of ether oxygens (including phenoxy) is 1. The fourth-order valence-electron chi connectivity index (χ4n) is 12.3. The number of fused-ring (bicyclic) bond motifs is 15. The van der Waals surface area contributed by atoms with E-state index in [2.05, 4.69) is 260 Å². The van der Waals surface area contributed by atoms with Gasteiger partial charge < -0.3 is 10.1 Å². The minimum Gasteiger partial charge on any atom is -0.457 e. The van der Waals surface area contributed by atoms with Crippen LogP contribution in [0.4, 0.5) is 0 Å². The van der Waals surface area contributed by atoms with Gasteiger partial charge in [-0.25, -0.2) is 0 Å². The average molecular weight is 881 g/mol. The Morgan fingerprint density at radius 3 is 1.41 bits per heavy atom. The van der Waals surface area contributed by atoms with Crippen molar-refractivity contribution >= 4 is 11.5 Å². The summed E-state index contributed by atoms with van der Waals surface area (Å²) in [5.41, 5.74) is 20.6. The van der Waals surface area contributed by atoms with Crippen molar-refractivity contribution in [2.75, 3.05) is 0 Å². The molecule has 2 aliphatic heterocycles. The highest BCUT2D eigenvalue weighted by Gasteiger charge is 2.58. The predicted octanol–water partition coefficient (Wildman–Crippen LogP) is 15.3. The molecular weight excluding hydrogens is 837 g/mol. The lowest BCUT2D eigenvalue weighted by Crippen LogP contribution is -2.45. The Hall–Kier alpha value is -8.79. The molecule has 14 rings (SSSR count). The van der Waals surface area contributed by atoms with Crippen molar-refractivity contribution in [2.45, 2.75) is 16.9 Å². The van der Waals surface area contributed by atoms with Crippen LogP contribution >= 0.6 is 0 Å². The molecule has 2 spiro atoms. The van der Waals surface area contributed by atoms with Gasteiger partial charge in [0, 0.05) is 22.4 Å². The van der Waals surface area contributed by atoms with Crippen molar-refractivity contribution < 1.29 is 4.74 Å². The van der Waals surface area contributed by atoms with E-state index in [0.717, 1.165) is 50.8 Å². The number of rotatable bonds is 5. The van der Waals surface area contributed by atoms with Crippen LogP contribution in [-0.4, -0.2) is 5.84 Å². The van der Waals surface area contributed by atoms with Gasteiger partial charge in [0.05, 0.1) is 16.9 Å². The molecule has 4 aliphatic rings. The third kappa shape index (κ3) is 5.71. The van der Waals surface area contributed by atoms with Crippen molar-refractivity contribution in [3.8, 4) is 44.9 Å². The minimum absolute atomic E-state index is 0.183. The number of hydrogen-bond donors (Lipinski definition) is 1. The summed E-state index contributed by atoms with van der Waals surface area (Å²) in [5, 5.41) is 3.74. The molecule has 0 saturated carbocycles. The molecule has 10 aromatic rings. The van der Waals surface area contributed by atoms with E-state index in [1.807, 2.05) is 0 Å². The highest BCUT2D eigenvalue weighted by atomic mass is 16.5. The number of para-hydroxylation sites is 2. The maximum absolute atomic E-state index is 6.71. The van der Waals surface area contributed by atoms with E-state index in [1.165, 1.54) is 66.8 Å². The molecule has 2 heterocycles. The Labute approximate surface area is 402 Å². The molecule has 3 heteroatoms. The largest absolute Gasteiger partial charge is 0.457 e. The second-order valence-corrected chi connectivity index (χ2v) is 18.5. The number of nitrogens with one attached hydrogen (secondary N) is 1. The van der Waals surface area contributed by atoms with E-state index in [4.69, 9.17) is 9.73 Å². The molecule has 1 atom stereocenters. The van der Waals surface area contributed by atoms with Gasteiger partial charge in [0.2, 0.25) is 0 Å². The number of aliphatic imine (C=N–C) groups is 1. The molecule has 10 aromatic carbocycles. The monoisotopic (exact) mass is 880 g/mol. The summed E-state index contributed by atoms with van der Waals surface area (Å²) < 4.78 is 6.71. The lowest BCUT2D eigenvalue weighted by molar-refractivity contribution is 0.429. The molecule has 324 valence electrons. The smallest absolute Gasteiger partial charge is 0.133 e. The van der Waals surface area contributed by atoms with Gasteiger partial charge in [0.15, 0.2) is 0 Å². The first-order chi connectivity index (χ1) is 34.2. The highest BCUT2D eigenvalue weighted by Crippen LogP contribution is 2.67. The normalized spacial score (nSPS) is 16.0. The van der Waals surface area contributed by atoms with E-state index in [9.17, 15) is 0 Å². The Morgan fingerprint density at radius 2 is 0.783 bits per heavy atom. The van der Waals surface area contributed by atoms with Crippen LogP contribution in [0.25, 0.3) is 39.1 Å². The van der Waals surface area contributed by atoms with Crippen LogP contribution in [0.3, 0.4) is 0 Å². The molecule has 2 aliphatic carbocycles. The molecule has 0 saturated heterocycles. The van der Waals surface area contributed by atoms with Gasteiger partial charge in [0.1, 0.15) is 17.3 Å².